The van der Waals surface area contributed by atoms with E-state index in [2.05, 4.69) is 53.4 Å². The Bertz CT molecular complexity index is 818. The number of rotatable bonds is 6. The average Bonchev–Trinajstić information content (AvgIpc) is 2.90. The molecule has 122 valence electrons. The van der Waals surface area contributed by atoms with Gasteiger partial charge in [0, 0.05) is 36.1 Å². The molecule has 1 aromatic carbocycles. The van der Waals surface area contributed by atoms with Crippen molar-refractivity contribution in [2.24, 2.45) is 0 Å². The van der Waals surface area contributed by atoms with Crippen molar-refractivity contribution in [3.8, 4) is 5.75 Å². The second-order valence-corrected chi connectivity index (χ2v) is 5.91. The Morgan fingerprint density at radius 3 is 2.65 bits per heavy atom. The third-order valence-electron chi connectivity index (χ3n) is 4.71. The lowest BCUT2D eigenvalue weighted by Gasteiger charge is -2.19. The van der Waals surface area contributed by atoms with E-state index in [0.29, 0.717) is 0 Å². The molecule has 0 saturated carbocycles. The molecule has 0 saturated heterocycles. The number of aromatic nitrogens is 2. The minimum absolute atomic E-state index is 0.912. The topological polar surface area (TPSA) is 30.3 Å². The highest BCUT2D eigenvalue weighted by molar-refractivity contribution is 6.09. The fourth-order valence-electron chi connectivity index (χ4n) is 3.38. The van der Waals surface area contributed by atoms with Gasteiger partial charge in [-0.2, -0.15) is 0 Å². The summed E-state index contributed by atoms with van der Waals surface area (Å²) in [7, 11) is 1.73. The van der Waals surface area contributed by atoms with Crippen LogP contribution in [0, 0.1) is 6.92 Å². The first-order chi connectivity index (χ1) is 11.2. The van der Waals surface area contributed by atoms with E-state index < -0.39 is 0 Å². The first-order valence-corrected chi connectivity index (χ1v) is 8.32. The van der Waals surface area contributed by atoms with Gasteiger partial charge in [-0.25, -0.2) is 0 Å². The SMILES string of the molecule is CCN(CC)CCn1c2cnccc2c2c(C)cc(OC)cc21. The number of benzene rings is 1. The molecule has 0 N–H and O–H groups in total. The number of ether oxygens (including phenoxy) is 1. The quantitative estimate of drug-likeness (QED) is 0.693. The van der Waals surface area contributed by atoms with Crippen molar-refractivity contribution < 1.29 is 4.74 Å². The molecule has 0 unspecified atom stereocenters. The lowest BCUT2D eigenvalue weighted by molar-refractivity contribution is 0.293. The number of hydrogen-bond acceptors (Lipinski definition) is 3. The summed E-state index contributed by atoms with van der Waals surface area (Å²) in [5.41, 5.74) is 3.68. The summed E-state index contributed by atoms with van der Waals surface area (Å²) in [6.07, 6.45) is 3.85. The summed E-state index contributed by atoms with van der Waals surface area (Å²) in [5.74, 6) is 0.912. The molecular weight excluding hydrogens is 286 g/mol. The Hall–Kier alpha value is -2.07. The number of hydrogen-bond donors (Lipinski definition) is 0. The summed E-state index contributed by atoms with van der Waals surface area (Å²) < 4.78 is 7.86. The Balaban J connectivity index is 2.18. The number of aryl methyl sites for hydroxylation is 1. The van der Waals surface area contributed by atoms with Gasteiger partial charge in [0.15, 0.2) is 0 Å². The van der Waals surface area contributed by atoms with Gasteiger partial charge in [-0.1, -0.05) is 13.8 Å². The predicted molar refractivity (Wildman–Crippen MR) is 96.3 cm³/mol. The van der Waals surface area contributed by atoms with E-state index in [1.54, 1.807) is 7.11 Å². The molecule has 23 heavy (non-hydrogen) atoms. The van der Waals surface area contributed by atoms with Gasteiger partial charge < -0.3 is 14.2 Å². The normalized spacial score (nSPS) is 11.7. The molecule has 0 bridgehead atoms. The number of fused-ring (bicyclic) bond motifs is 3. The zero-order chi connectivity index (χ0) is 16.4. The van der Waals surface area contributed by atoms with Gasteiger partial charge in [0.05, 0.1) is 24.3 Å². The first-order valence-electron chi connectivity index (χ1n) is 8.32. The highest BCUT2D eigenvalue weighted by Crippen LogP contribution is 2.33. The molecule has 2 aromatic heterocycles. The van der Waals surface area contributed by atoms with Crippen LogP contribution in [0.4, 0.5) is 0 Å². The van der Waals surface area contributed by atoms with Crippen LogP contribution < -0.4 is 4.74 Å². The van der Waals surface area contributed by atoms with Gasteiger partial charge in [-0.15, -0.1) is 0 Å². The zero-order valence-electron chi connectivity index (χ0n) is 14.5. The van der Waals surface area contributed by atoms with Gasteiger partial charge >= 0.3 is 0 Å². The van der Waals surface area contributed by atoms with Crippen molar-refractivity contribution in [1.82, 2.24) is 14.5 Å². The third-order valence-corrected chi connectivity index (χ3v) is 4.71. The zero-order valence-corrected chi connectivity index (χ0v) is 14.5. The van der Waals surface area contributed by atoms with E-state index in [4.69, 9.17) is 4.74 Å². The summed E-state index contributed by atoms with van der Waals surface area (Å²) in [6, 6.07) is 6.37. The average molecular weight is 311 g/mol. The Kier molecular flexibility index (Phi) is 4.53. The van der Waals surface area contributed by atoms with Gasteiger partial charge in [-0.3, -0.25) is 4.98 Å². The molecule has 0 atom stereocenters. The fraction of sp³-hybridized carbons (Fsp3) is 0.421. The molecule has 0 spiro atoms. The molecule has 3 rings (SSSR count). The minimum atomic E-state index is 0.912. The maximum Gasteiger partial charge on any atom is 0.121 e. The van der Waals surface area contributed by atoms with Crippen LogP contribution in [0.25, 0.3) is 21.8 Å². The lowest BCUT2D eigenvalue weighted by Crippen LogP contribution is -2.26. The molecule has 3 aromatic rings. The van der Waals surface area contributed by atoms with Crippen molar-refractivity contribution in [3.63, 3.8) is 0 Å². The molecular formula is C19H25N3O. The van der Waals surface area contributed by atoms with Crippen LogP contribution in [-0.2, 0) is 6.54 Å². The van der Waals surface area contributed by atoms with Gasteiger partial charge in [0.25, 0.3) is 0 Å². The minimum Gasteiger partial charge on any atom is -0.497 e. The van der Waals surface area contributed by atoms with Crippen molar-refractivity contribution in [2.45, 2.75) is 27.3 Å². The van der Waals surface area contributed by atoms with Crippen molar-refractivity contribution >= 4 is 21.8 Å². The summed E-state index contributed by atoms with van der Waals surface area (Å²) in [6.45, 7) is 10.7. The van der Waals surface area contributed by atoms with Gasteiger partial charge in [0.2, 0.25) is 0 Å². The van der Waals surface area contributed by atoms with Crippen molar-refractivity contribution in [2.75, 3.05) is 26.7 Å². The van der Waals surface area contributed by atoms with Crippen LogP contribution in [0.2, 0.25) is 0 Å². The lowest BCUT2D eigenvalue weighted by atomic mass is 10.1. The van der Waals surface area contributed by atoms with E-state index in [1.165, 1.54) is 27.4 Å². The number of pyridine rings is 1. The van der Waals surface area contributed by atoms with E-state index in [-0.39, 0.29) is 0 Å². The maximum atomic E-state index is 5.48. The summed E-state index contributed by atoms with van der Waals surface area (Å²) in [5, 5.41) is 2.58. The largest absolute Gasteiger partial charge is 0.497 e. The van der Waals surface area contributed by atoms with Crippen molar-refractivity contribution in [3.05, 3.63) is 36.2 Å². The molecule has 4 heteroatoms. The highest BCUT2D eigenvalue weighted by Gasteiger charge is 2.14. The molecule has 4 nitrogen and oxygen atoms in total. The predicted octanol–water partition coefficient (Wildman–Crippen LogP) is 3.85. The number of likely N-dealkylation sites (N-methyl/N-ethyl adjacent to an activating group) is 1. The van der Waals surface area contributed by atoms with Gasteiger partial charge in [-0.05, 0) is 37.7 Å². The maximum absolute atomic E-state index is 5.48. The van der Waals surface area contributed by atoms with E-state index in [9.17, 15) is 0 Å². The molecule has 0 amide bonds. The van der Waals surface area contributed by atoms with Crippen LogP contribution in [-0.4, -0.2) is 41.2 Å². The van der Waals surface area contributed by atoms with Gasteiger partial charge in [0.1, 0.15) is 5.75 Å². The second kappa shape index (κ2) is 6.59. The van der Waals surface area contributed by atoms with E-state index in [1.807, 2.05) is 12.4 Å². The Morgan fingerprint density at radius 1 is 1.17 bits per heavy atom. The third kappa shape index (κ3) is 2.79. The van der Waals surface area contributed by atoms with E-state index in [0.717, 1.165) is 31.9 Å². The first kappa shape index (κ1) is 15.8. The van der Waals surface area contributed by atoms with E-state index >= 15 is 0 Å². The second-order valence-electron chi connectivity index (χ2n) is 5.91. The molecule has 0 aliphatic carbocycles. The Labute approximate surface area is 137 Å². The number of nitrogens with zero attached hydrogens (tertiary/aromatic N) is 3. The van der Waals surface area contributed by atoms with Crippen molar-refractivity contribution in [1.29, 1.82) is 0 Å². The van der Waals surface area contributed by atoms with Crippen LogP contribution >= 0.6 is 0 Å². The fourth-order valence-corrected chi connectivity index (χ4v) is 3.38. The Morgan fingerprint density at radius 2 is 1.96 bits per heavy atom. The smallest absolute Gasteiger partial charge is 0.121 e. The molecule has 0 fully saturated rings. The standard InChI is InChI=1S/C19H25N3O/c1-5-21(6-2)9-10-22-17-12-15(23-4)11-14(3)19(17)16-7-8-20-13-18(16)22/h7-8,11-13H,5-6,9-10H2,1-4H3. The number of methoxy groups -OCH3 is 1. The summed E-state index contributed by atoms with van der Waals surface area (Å²) >= 11 is 0. The monoisotopic (exact) mass is 311 g/mol. The van der Waals surface area contributed by atoms with Crippen LogP contribution in [0.15, 0.2) is 30.6 Å². The molecule has 0 radical (unpaired) electrons. The molecule has 0 aliphatic rings. The highest BCUT2D eigenvalue weighted by atomic mass is 16.5. The van der Waals surface area contributed by atoms with Crippen LogP contribution in [0.5, 0.6) is 5.75 Å². The summed E-state index contributed by atoms with van der Waals surface area (Å²) in [4.78, 5) is 6.79. The van der Waals surface area contributed by atoms with Crippen LogP contribution in [0.1, 0.15) is 19.4 Å². The molecule has 2 heterocycles. The molecule has 0 aliphatic heterocycles. The van der Waals surface area contributed by atoms with Crippen LogP contribution in [0.3, 0.4) is 0 Å².